The second-order valence-electron chi connectivity index (χ2n) is 6.30. The number of sulfonamides is 1. The van der Waals surface area contributed by atoms with Gasteiger partial charge in [0.05, 0.1) is 10.6 Å². The Bertz CT molecular complexity index is 927. The van der Waals surface area contributed by atoms with Crippen LogP contribution in [0.5, 0.6) is 0 Å². The van der Waals surface area contributed by atoms with Crippen LogP contribution >= 0.6 is 11.6 Å². The molecule has 0 radical (unpaired) electrons. The van der Waals surface area contributed by atoms with Crippen molar-refractivity contribution in [1.29, 1.82) is 0 Å². The molecule has 1 aliphatic heterocycles. The van der Waals surface area contributed by atoms with E-state index in [1.807, 2.05) is 6.07 Å². The van der Waals surface area contributed by atoms with Crippen LogP contribution in [0.3, 0.4) is 0 Å². The van der Waals surface area contributed by atoms with Crippen molar-refractivity contribution >= 4 is 39.0 Å². The summed E-state index contributed by atoms with van der Waals surface area (Å²) in [6.07, 6.45) is 1.53. The fraction of sp³-hybridized carbons (Fsp3) is 0.278. The number of benzene rings is 2. The minimum absolute atomic E-state index is 0.192. The quantitative estimate of drug-likeness (QED) is 0.866. The highest BCUT2D eigenvalue weighted by Crippen LogP contribution is 2.34. The normalized spacial score (nSPS) is 13.9. The molecule has 0 saturated heterocycles. The monoisotopic (exact) mass is 393 g/mol. The number of aryl methyl sites for hydroxylation is 1. The zero-order valence-electron chi connectivity index (χ0n) is 14.6. The molecule has 0 unspecified atom stereocenters. The van der Waals surface area contributed by atoms with Gasteiger partial charge in [-0.2, -0.15) is 0 Å². The molecule has 0 spiro atoms. The van der Waals surface area contributed by atoms with Gasteiger partial charge >= 0.3 is 6.03 Å². The van der Waals surface area contributed by atoms with E-state index >= 15 is 0 Å². The van der Waals surface area contributed by atoms with E-state index in [2.05, 4.69) is 5.32 Å². The minimum atomic E-state index is -3.70. The molecule has 2 aromatic carbocycles. The SMILES string of the molecule is CN(C)C(=O)Nc1ccc2c(c1)N(S(=O)(=O)c1ccc(Cl)cc1)CCC2. The molecule has 26 heavy (non-hydrogen) atoms. The van der Waals surface area contributed by atoms with Crippen molar-refractivity contribution in [3.63, 3.8) is 0 Å². The lowest BCUT2D eigenvalue weighted by molar-refractivity contribution is 0.230. The summed E-state index contributed by atoms with van der Waals surface area (Å²) in [4.78, 5) is 13.5. The Morgan fingerprint density at radius 2 is 1.85 bits per heavy atom. The standard InChI is InChI=1S/C18H20ClN3O3S/c1-21(2)18(23)20-15-8-5-13-4-3-11-22(17(13)12-15)26(24,25)16-9-6-14(19)7-10-16/h5-10,12H,3-4,11H2,1-2H3,(H,20,23). The van der Waals surface area contributed by atoms with Gasteiger partial charge in [-0.1, -0.05) is 17.7 Å². The molecule has 0 saturated carbocycles. The summed E-state index contributed by atoms with van der Waals surface area (Å²) in [6.45, 7) is 0.392. The first-order valence-corrected chi connectivity index (χ1v) is 10.0. The third kappa shape index (κ3) is 3.64. The number of carbonyl (C=O) groups excluding carboxylic acids is 1. The van der Waals surface area contributed by atoms with Gasteiger partial charge in [0.2, 0.25) is 0 Å². The summed E-state index contributed by atoms with van der Waals surface area (Å²) in [7, 11) is -0.414. The third-order valence-electron chi connectivity index (χ3n) is 4.22. The molecule has 6 nitrogen and oxygen atoms in total. The molecule has 138 valence electrons. The smallest absolute Gasteiger partial charge is 0.321 e. The number of nitrogens with one attached hydrogen (secondary N) is 1. The molecule has 1 N–H and O–H groups in total. The van der Waals surface area contributed by atoms with Crippen LogP contribution in [0.1, 0.15) is 12.0 Å². The van der Waals surface area contributed by atoms with Crippen molar-refractivity contribution in [2.24, 2.45) is 0 Å². The van der Waals surface area contributed by atoms with Crippen LogP contribution in [0.2, 0.25) is 5.02 Å². The Hall–Kier alpha value is -2.25. The van der Waals surface area contributed by atoms with Crippen LogP contribution in [0.15, 0.2) is 47.4 Å². The summed E-state index contributed by atoms with van der Waals surface area (Å²) in [5.41, 5.74) is 2.10. The van der Waals surface area contributed by atoms with Crippen molar-refractivity contribution in [2.75, 3.05) is 30.3 Å². The Morgan fingerprint density at radius 1 is 1.15 bits per heavy atom. The summed E-state index contributed by atoms with van der Waals surface area (Å²) in [6, 6.07) is 11.2. The van der Waals surface area contributed by atoms with Crippen molar-refractivity contribution in [3.05, 3.63) is 53.1 Å². The van der Waals surface area contributed by atoms with E-state index in [9.17, 15) is 13.2 Å². The lowest BCUT2D eigenvalue weighted by atomic mass is 10.0. The maximum Gasteiger partial charge on any atom is 0.321 e. The van der Waals surface area contributed by atoms with Crippen LogP contribution < -0.4 is 9.62 Å². The molecule has 8 heteroatoms. The summed E-state index contributed by atoms with van der Waals surface area (Å²) in [5, 5.41) is 3.24. The summed E-state index contributed by atoms with van der Waals surface area (Å²) >= 11 is 5.87. The largest absolute Gasteiger partial charge is 0.331 e. The fourth-order valence-corrected chi connectivity index (χ4v) is 4.50. The summed E-state index contributed by atoms with van der Waals surface area (Å²) < 4.78 is 27.6. The number of fused-ring (bicyclic) bond motifs is 1. The van der Waals surface area contributed by atoms with Crippen molar-refractivity contribution in [3.8, 4) is 0 Å². The molecule has 0 bridgehead atoms. The van der Waals surface area contributed by atoms with Crippen LogP contribution in [0.25, 0.3) is 0 Å². The lowest BCUT2D eigenvalue weighted by Crippen LogP contribution is -2.35. The topological polar surface area (TPSA) is 69.7 Å². The van der Waals surface area contributed by atoms with Gasteiger partial charge in [-0.25, -0.2) is 13.2 Å². The first kappa shape index (κ1) is 18.5. The molecule has 1 aliphatic rings. The minimum Gasteiger partial charge on any atom is -0.331 e. The number of nitrogens with zero attached hydrogens (tertiary/aromatic N) is 2. The highest BCUT2D eigenvalue weighted by atomic mass is 35.5. The van der Waals surface area contributed by atoms with Crippen molar-refractivity contribution in [2.45, 2.75) is 17.7 Å². The third-order valence-corrected chi connectivity index (χ3v) is 6.30. The number of carbonyl (C=O) groups is 1. The first-order chi connectivity index (χ1) is 12.3. The van der Waals surface area contributed by atoms with E-state index < -0.39 is 10.0 Å². The van der Waals surface area contributed by atoms with Gasteiger partial charge in [-0.3, -0.25) is 4.31 Å². The number of halogens is 1. The Balaban J connectivity index is 1.99. The molecule has 0 fully saturated rings. The maximum absolute atomic E-state index is 13.1. The number of amides is 2. The molecule has 0 atom stereocenters. The number of anilines is 2. The van der Waals surface area contributed by atoms with Crippen LogP contribution in [0, 0.1) is 0 Å². The van der Waals surface area contributed by atoms with E-state index in [0.717, 1.165) is 18.4 Å². The Labute approximate surface area is 158 Å². The van der Waals surface area contributed by atoms with Gasteiger partial charge in [0.1, 0.15) is 0 Å². The molecule has 0 aliphatic carbocycles. The number of urea groups is 1. The van der Waals surface area contributed by atoms with E-state index in [1.165, 1.54) is 21.3 Å². The van der Waals surface area contributed by atoms with E-state index in [0.29, 0.717) is 22.9 Å². The Kier molecular flexibility index (Phi) is 5.11. The number of rotatable bonds is 3. The van der Waals surface area contributed by atoms with Crippen LogP contribution in [-0.2, 0) is 16.4 Å². The van der Waals surface area contributed by atoms with E-state index in [1.54, 1.807) is 38.4 Å². The predicted octanol–water partition coefficient (Wildman–Crippen LogP) is 3.58. The molecule has 0 aromatic heterocycles. The Morgan fingerprint density at radius 3 is 2.50 bits per heavy atom. The lowest BCUT2D eigenvalue weighted by Gasteiger charge is -2.31. The van der Waals surface area contributed by atoms with Crippen LogP contribution in [0.4, 0.5) is 16.2 Å². The zero-order valence-corrected chi connectivity index (χ0v) is 16.1. The van der Waals surface area contributed by atoms with E-state index in [4.69, 9.17) is 11.6 Å². The highest BCUT2D eigenvalue weighted by molar-refractivity contribution is 7.92. The number of hydrogen-bond acceptors (Lipinski definition) is 3. The predicted molar refractivity (Wildman–Crippen MR) is 103 cm³/mol. The molecular formula is C18H20ClN3O3S. The van der Waals surface area contributed by atoms with Gasteiger partial charge in [0.25, 0.3) is 10.0 Å². The van der Waals surface area contributed by atoms with Crippen LogP contribution in [-0.4, -0.2) is 40.0 Å². The fourth-order valence-electron chi connectivity index (χ4n) is 2.84. The first-order valence-electron chi connectivity index (χ1n) is 8.18. The second kappa shape index (κ2) is 7.17. The molecule has 2 amide bonds. The average Bonchev–Trinajstić information content (AvgIpc) is 2.61. The number of hydrogen-bond donors (Lipinski definition) is 1. The molecule has 2 aromatic rings. The zero-order chi connectivity index (χ0) is 18.9. The van der Waals surface area contributed by atoms with Gasteiger partial charge in [0, 0.05) is 31.4 Å². The molecule has 3 rings (SSSR count). The van der Waals surface area contributed by atoms with Gasteiger partial charge < -0.3 is 10.2 Å². The molecular weight excluding hydrogens is 374 g/mol. The maximum atomic E-state index is 13.1. The second-order valence-corrected chi connectivity index (χ2v) is 8.60. The van der Waals surface area contributed by atoms with Gasteiger partial charge in [0.15, 0.2) is 0 Å². The average molecular weight is 394 g/mol. The van der Waals surface area contributed by atoms with Gasteiger partial charge in [-0.05, 0) is 54.8 Å². The van der Waals surface area contributed by atoms with E-state index in [-0.39, 0.29) is 10.9 Å². The van der Waals surface area contributed by atoms with Crippen molar-refractivity contribution in [1.82, 2.24) is 4.90 Å². The molecule has 1 heterocycles. The van der Waals surface area contributed by atoms with Crippen molar-refractivity contribution < 1.29 is 13.2 Å². The van der Waals surface area contributed by atoms with Gasteiger partial charge in [-0.15, -0.1) is 0 Å². The highest BCUT2D eigenvalue weighted by Gasteiger charge is 2.29. The summed E-state index contributed by atoms with van der Waals surface area (Å²) in [5.74, 6) is 0.